The molecule has 3 aromatic rings. The average molecular weight is 344 g/mol. The van der Waals surface area contributed by atoms with Gasteiger partial charge in [0.1, 0.15) is 5.69 Å². The zero-order chi connectivity index (χ0) is 17.0. The van der Waals surface area contributed by atoms with E-state index in [0.717, 1.165) is 11.1 Å². The van der Waals surface area contributed by atoms with Crippen LogP contribution in [0.4, 0.5) is 0 Å². The van der Waals surface area contributed by atoms with Crippen molar-refractivity contribution in [1.82, 2.24) is 10.3 Å². The molecule has 0 radical (unpaired) electrons. The van der Waals surface area contributed by atoms with Gasteiger partial charge in [0.25, 0.3) is 0 Å². The minimum atomic E-state index is -4.10. The number of rotatable bonds is 6. The molecule has 0 unspecified atom stereocenters. The molecule has 0 aliphatic heterocycles. The normalized spacial score (nSPS) is 11.6. The Morgan fingerprint density at radius 3 is 2.12 bits per heavy atom. The smallest absolute Gasteiger partial charge is 0.339 e. The molecular formula is C17H17N2O4P. The highest BCUT2D eigenvalue weighted by Crippen LogP contribution is 2.34. The van der Waals surface area contributed by atoms with Gasteiger partial charge in [-0.3, -0.25) is 9.88 Å². The standard InChI is InChI=1S/C17H17N2O4P/c20-24(21,22)12-18-11-15-19-16(13-7-3-1-4-8-13)17(23-15)14-9-5-2-6-10-14/h1-10,18H,11-12H2,(H2,20,21,22). The molecule has 0 aliphatic carbocycles. The number of oxazole rings is 1. The third-order valence-corrected chi connectivity index (χ3v) is 3.98. The third kappa shape index (κ3) is 4.19. The molecule has 24 heavy (non-hydrogen) atoms. The second-order valence-corrected chi connectivity index (χ2v) is 6.91. The maximum atomic E-state index is 10.9. The number of hydrogen-bond acceptors (Lipinski definition) is 4. The molecule has 3 rings (SSSR count). The molecule has 7 heteroatoms. The van der Waals surface area contributed by atoms with E-state index in [1.54, 1.807) is 0 Å². The number of nitrogens with one attached hydrogen (secondary N) is 1. The van der Waals surface area contributed by atoms with E-state index in [0.29, 0.717) is 17.3 Å². The molecule has 0 bridgehead atoms. The Labute approximate surface area is 139 Å². The molecular weight excluding hydrogens is 327 g/mol. The van der Waals surface area contributed by atoms with E-state index in [1.165, 1.54) is 0 Å². The Morgan fingerprint density at radius 2 is 1.54 bits per heavy atom. The van der Waals surface area contributed by atoms with Crippen molar-refractivity contribution in [2.24, 2.45) is 0 Å². The molecule has 2 aromatic carbocycles. The SMILES string of the molecule is O=P(O)(O)CNCc1nc(-c2ccccc2)c(-c2ccccc2)o1. The molecule has 0 saturated carbocycles. The van der Waals surface area contributed by atoms with E-state index in [-0.39, 0.29) is 6.54 Å². The summed E-state index contributed by atoms with van der Waals surface area (Å²) in [4.78, 5) is 22.3. The van der Waals surface area contributed by atoms with E-state index in [9.17, 15) is 4.57 Å². The van der Waals surface area contributed by atoms with Gasteiger partial charge in [-0.25, -0.2) is 4.98 Å². The molecule has 0 saturated heterocycles. The predicted molar refractivity (Wildman–Crippen MR) is 91.1 cm³/mol. The second-order valence-electron chi connectivity index (χ2n) is 5.27. The first-order valence-corrected chi connectivity index (χ1v) is 9.18. The van der Waals surface area contributed by atoms with E-state index in [1.807, 2.05) is 60.7 Å². The number of benzene rings is 2. The summed E-state index contributed by atoms with van der Waals surface area (Å²) >= 11 is 0. The first kappa shape index (κ1) is 16.6. The van der Waals surface area contributed by atoms with Crippen molar-refractivity contribution < 1.29 is 18.8 Å². The van der Waals surface area contributed by atoms with Crippen molar-refractivity contribution in [2.75, 3.05) is 6.29 Å². The summed E-state index contributed by atoms with van der Waals surface area (Å²) in [6, 6.07) is 19.3. The van der Waals surface area contributed by atoms with Crippen LogP contribution in [0.3, 0.4) is 0 Å². The summed E-state index contributed by atoms with van der Waals surface area (Å²) in [6.45, 7) is 0.137. The van der Waals surface area contributed by atoms with Crippen LogP contribution in [0, 0.1) is 0 Å². The molecule has 0 atom stereocenters. The topological polar surface area (TPSA) is 95.6 Å². The van der Waals surface area contributed by atoms with Crippen LogP contribution in [0.15, 0.2) is 65.1 Å². The Bertz CT molecular complexity index is 787. The van der Waals surface area contributed by atoms with Crippen LogP contribution in [-0.2, 0) is 11.1 Å². The fourth-order valence-corrected chi connectivity index (χ4v) is 2.73. The lowest BCUT2D eigenvalue weighted by atomic mass is 10.1. The van der Waals surface area contributed by atoms with Crippen LogP contribution in [0.5, 0.6) is 0 Å². The lowest BCUT2D eigenvalue weighted by Crippen LogP contribution is -2.14. The van der Waals surface area contributed by atoms with Crippen molar-refractivity contribution in [3.63, 3.8) is 0 Å². The van der Waals surface area contributed by atoms with Gasteiger partial charge in [0.2, 0.25) is 5.89 Å². The molecule has 0 spiro atoms. The Hall–Kier alpha value is -2.24. The largest absolute Gasteiger partial charge is 0.439 e. The minimum absolute atomic E-state index is 0.137. The van der Waals surface area contributed by atoms with Gasteiger partial charge < -0.3 is 14.2 Å². The van der Waals surface area contributed by atoms with Gasteiger partial charge in [0.15, 0.2) is 5.76 Å². The number of aromatic nitrogens is 1. The highest BCUT2D eigenvalue weighted by Gasteiger charge is 2.18. The second kappa shape index (κ2) is 7.11. The van der Waals surface area contributed by atoms with Crippen molar-refractivity contribution >= 4 is 7.60 Å². The van der Waals surface area contributed by atoms with Crippen LogP contribution in [-0.4, -0.2) is 21.1 Å². The molecule has 3 N–H and O–H groups in total. The van der Waals surface area contributed by atoms with Gasteiger partial charge in [0, 0.05) is 11.1 Å². The number of nitrogens with zero attached hydrogens (tertiary/aromatic N) is 1. The molecule has 1 aromatic heterocycles. The quantitative estimate of drug-likeness (QED) is 0.594. The van der Waals surface area contributed by atoms with Crippen LogP contribution in [0.25, 0.3) is 22.6 Å². The molecule has 6 nitrogen and oxygen atoms in total. The first-order chi connectivity index (χ1) is 11.5. The summed E-state index contributed by atoms with van der Waals surface area (Å²) in [5.74, 6) is 1.01. The molecule has 0 fully saturated rings. The Morgan fingerprint density at radius 1 is 0.958 bits per heavy atom. The summed E-state index contributed by atoms with van der Waals surface area (Å²) < 4.78 is 16.8. The fraction of sp³-hybridized carbons (Fsp3) is 0.118. The number of hydrogen-bond donors (Lipinski definition) is 3. The van der Waals surface area contributed by atoms with Gasteiger partial charge in [-0.2, -0.15) is 0 Å². The van der Waals surface area contributed by atoms with Gasteiger partial charge in [-0.15, -0.1) is 0 Å². The Kier molecular flexibility index (Phi) is 4.92. The monoisotopic (exact) mass is 344 g/mol. The lowest BCUT2D eigenvalue weighted by molar-refractivity contribution is 0.365. The Balaban J connectivity index is 1.93. The van der Waals surface area contributed by atoms with E-state index < -0.39 is 13.9 Å². The summed E-state index contributed by atoms with van der Waals surface area (Å²) in [7, 11) is -4.10. The van der Waals surface area contributed by atoms with Crippen molar-refractivity contribution in [1.29, 1.82) is 0 Å². The highest BCUT2D eigenvalue weighted by molar-refractivity contribution is 7.51. The maximum Gasteiger partial charge on any atom is 0.339 e. The average Bonchev–Trinajstić information content (AvgIpc) is 2.99. The third-order valence-electron chi connectivity index (χ3n) is 3.35. The van der Waals surface area contributed by atoms with Gasteiger partial charge in [-0.1, -0.05) is 60.7 Å². The maximum absolute atomic E-state index is 10.9. The van der Waals surface area contributed by atoms with Gasteiger partial charge in [-0.05, 0) is 0 Å². The van der Waals surface area contributed by atoms with Gasteiger partial charge in [0.05, 0.1) is 12.8 Å². The lowest BCUT2D eigenvalue weighted by Gasteiger charge is -2.03. The summed E-state index contributed by atoms with van der Waals surface area (Å²) in [5.41, 5.74) is 2.52. The summed E-state index contributed by atoms with van der Waals surface area (Å²) in [6.07, 6.45) is -0.420. The van der Waals surface area contributed by atoms with E-state index in [2.05, 4.69) is 10.3 Å². The van der Waals surface area contributed by atoms with E-state index in [4.69, 9.17) is 14.2 Å². The van der Waals surface area contributed by atoms with Crippen molar-refractivity contribution in [3.8, 4) is 22.6 Å². The van der Waals surface area contributed by atoms with Crippen LogP contribution >= 0.6 is 7.60 Å². The predicted octanol–water partition coefficient (Wildman–Crippen LogP) is 3.23. The molecule has 0 amide bonds. The first-order valence-electron chi connectivity index (χ1n) is 7.39. The van der Waals surface area contributed by atoms with Crippen molar-refractivity contribution in [3.05, 3.63) is 66.6 Å². The zero-order valence-electron chi connectivity index (χ0n) is 12.8. The van der Waals surface area contributed by atoms with Crippen molar-refractivity contribution in [2.45, 2.75) is 6.54 Å². The van der Waals surface area contributed by atoms with E-state index >= 15 is 0 Å². The van der Waals surface area contributed by atoms with Crippen LogP contribution < -0.4 is 5.32 Å². The molecule has 124 valence electrons. The van der Waals surface area contributed by atoms with Crippen LogP contribution in [0.2, 0.25) is 0 Å². The molecule has 1 heterocycles. The van der Waals surface area contributed by atoms with Gasteiger partial charge >= 0.3 is 7.60 Å². The summed E-state index contributed by atoms with van der Waals surface area (Å²) in [5, 5.41) is 2.67. The molecule has 0 aliphatic rings. The fourth-order valence-electron chi connectivity index (χ4n) is 2.33. The minimum Gasteiger partial charge on any atom is -0.439 e. The highest BCUT2D eigenvalue weighted by atomic mass is 31.2. The van der Waals surface area contributed by atoms with Crippen LogP contribution in [0.1, 0.15) is 5.89 Å². The zero-order valence-corrected chi connectivity index (χ0v) is 13.7.